The lowest BCUT2D eigenvalue weighted by Gasteiger charge is -2.41. The van der Waals surface area contributed by atoms with E-state index < -0.39 is 0 Å². The van der Waals surface area contributed by atoms with E-state index in [0.29, 0.717) is 0 Å². The van der Waals surface area contributed by atoms with E-state index in [1.807, 2.05) is 0 Å². The third kappa shape index (κ3) is 3.07. The van der Waals surface area contributed by atoms with Crippen LogP contribution >= 0.6 is 0 Å². The largest absolute Gasteiger partial charge is 0.391 e. The fourth-order valence-electron chi connectivity index (χ4n) is 3.47. The third-order valence-corrected chi connectivity index (χ3v) is 4.99. The predicted octanol–water partition coefficient (Wildman–Crippen LogP) is 3.20. The van der Waals surface area contributed by atoms with Gasteiger partial charge in [-0.1, -0.05) is 32.0 Å². The Bertz CT molecular complexity index is 449. The number of hydrogen-bond acceptors (Lipinski definition) is 2. The van der Waals surface area contributed by atoms with Crippen molar-refractivity contribution in [3.8, 4) is 0 Å². The highest BCUT2D eigenvalue weighted by Crippen LogP contribution is 2.26. The molecule has 1 unspecified atom stereocenters. The Morgan fingerprint density at radius 1 is 1.15 bits per heavy atom. The minimum Gasteiger partial charge on any atom is -0.391 e. The quantitative estimate of drug-likeness (QED) is 0.862. The molecule has 1 N–H and O–H groups in total. The topological polar surface area (TPSA) is 23.5 Å². The molecule has 0 saturated carbocycles. The summed E-state index contributed by atoms with van der Waals surface area (Å²) in [6.45, 7) is 10.6. The summed E-state index contributed by atoms with van der Waals surface area (Å²) in [5.41, 5.74) is 4.10. The van der Waals surface area contributed by atoms with Gasteiger partial charge in [0.2, 0.25) is 0 Å². The fraction of sp³-hybridized carbons (Fsp3) is 0.667. The van der Waals surface area contributed by atoms with Crippen LogP contribution in [0.25, 0.3) is 0 Å². The first kappa shape index (κ1) is 15.5. The molecule has 0 amide bonds. The molecule has 1 aliphatic rings. The monoisotopic (exact) mass is 275 g/mol. The van der Waals surface area contributed by atoms with Gasteiger partial charge in [-0.2, -0.15) is 0 Å². The molecular formula is C18H29NO. The molecule has 20 heavy (non-hydrogen) atoms. The Kier molecular flexibility index (Phi) is 4.87. The maximum atomic E-state index is 10.7. The van der Waals surface area contributed by atoms with E-state index >= 15 is 0 Å². The average molecular weight is 275 g/mol. The van der Waals surface area contributed by atoms with Crippen LogP contribution in [0.4, 0.5) is 0 Å². The van der Waals surface area contributed by atoms with E-state index in [2.05, 4.69) is 50.8 Å². The molecule has 2 rings (SSSR count). The summed E-state index contributed by atoms with van der Waals surface area (Å²) in [7, 11) is 0. The highest BCUT2D eigenvalue weighted by Gasteiger charge is 2.32. The molecule has 1 aromatic rings. The van der Waals surface area contributed by atoms with Crippen LogP contribution in [0.3, 0.4) is 0 Å². The van der Waals surface area contributed by atoms with Crippen molar-refractivity contribution in [2.75, 3.05) is 13.1 Å². The van der Waals surface area contributed by atoms with Crippen LogP contribution in [0.15, 0.2) is 18.2 Å². The molecule has 0 fully saturated rings. The van der Waals surface area contributed by atoms with Crippen molar-refractivity contribution in [3.63, 3.8) is 0 Å². The lowest BCUT2D eigenvalue weighted by Crippen LogP contribution is -2.53. The summed E-state index contributed by atoms with van der Waals surface area (Å²) in [5.74, 6) is 0. The van der Waals surface area contributed by atoms with Crippen molar-refractivity contribution < 1.29 is 5.11 Å². The summed E-state index contributed by atoms with van der Waals surface area (Å²) in [4.78, 5) is 2.34. The summed E-state index contributed by atoms with van der Waals surface area (Å²) >= 11 is 0. The molecule has 0 bridgehead atoms. The van der Waals surface area contributed by atoms with E-state index in [0.717, 1.165) is 19.5 Å². The Morgan fingerprint density at radius 2 is 1.80 bits per heavy atom. The molecule has 2 heteroatoms. The minimum atomic E-state index is -0.332. The van der Waals surface area contributed by atoms with Crippen LogP contribution in [0.5, 0.6) is 0 Å². The molecule has 1 atom stereocenters. The molecule has 0 heterocycles. The lowest BCUT2D eigenvalue weighted by molar-refractivity contribution is -0.00415. The smallest absolute Gasteiger partial charge is 0.0758 e. The Balaban J connectivity index is 2.09. The van der Waals surface area contributed by atoms with E-state index in [1.54, 1.807) is 0 Å². The number of aryl methyl sites for hydroxylation is 2. The van der Waals surface area contributed by atoms with Crippen molar-refractivity contribution in [2.45, 2.75) is 65.0 Å². The maximum Gasteiger partial charge on any atom is 0.0758 e. The lowest BCUT2D eigenvalue weighted by atomic mass is 9.89. The molecule has 0 aromatic heterocycles. The van der Waals surface area contributed by atoms with Gasteiger partial charge < -0.3 is 5.11 Å². The first-order valence-electron chi connectivity index (χ1n) is 8.02. The molecule has 0 aliphatic heterocycles. The number of aliphatic hydroxyl groups is 1. The number of likely N-dealkylation sites (N-methyl/N-ethyl adjacent to an activating group) is 1. The second-order valence-corrected chi connectivity index (χ2v) is 6.50. The maximum absolute atomic E-state index is 10.7. The zero-order chi connectivity index (χ0) is 14.8. The van der Waals surface area contributed by atoms with Gasteiger partial charge in [0.05, 0.1) is 6.10 Å². The summed E-state index contributed by atoms with van der Waals surface area (Å²) in [6.07, 6.45) is 4.13. The van der Waals surface area contributed by atoms with Gasteiger partial charge in [-0.3, -0.25) is 4.90 Å². The van der Waals surface area contributed by atoms with Crippen molar-refractivity contribution in [2.24, 2.45) is 0 Å². The van der Waals surface area contributed by atoms with E-state index in [1.165, 1.54) is 36.0 Å². The zero-order valence-corrected chi connectivity index (χ0v) is 13.4. The molecule has 1 aromatic carbocycles. The number of nitrogens with zero attached hydrogens (tertiary/aromatic N) is 1. The normalized spacial score (nSPS) is 16.5. The van der Waals surface area contributed by atoms with Crippen molar-refractivity contribution >= 4 is 0 Å². The average Bonchev–Trinajstić information content (AvgIpc) is 2.87. The van der Waals surface area contributed by atoms with Crippen LogP contribution in [0, 0.1) is 0 Å². The standard InChI is InChI=1S/C18H29NO/c1-5-19(6-2)18(3,4)17(20)13-14-10-11-15-8-7-9-16(15)12-14/h10-12,17,20H,5-9,13H2,1-4H3. The Labute approximate surface area is 123 Å². The van der Waals surface area contributed by atoms with Gasteiger partial charge in [-0.25, -0.2) is 0 Å². The van der Waals surface area contributed by atoms with Crippen LogP contribution in [0.1, 0.15) is 50.8 Å². The molecule has 0 saturated heterocycles. The molecule has 112 valence electrons. The van der Waals surface area contributed by atoms with Gasteiger partial charge in [-0.05, 0) is 62.9 Å². The van der Waals surface area contributed by atoms with Gasteiger partial charge in [-0.15, -0.1) is 0 Å². The van der Waals surface area contributed by atoms with Crippen LogP contribution in [0.2, 0.25) is 0 Å². The van der Waals surface area contributed by atoms with Crippen LogP contribution in [-0.4, -0.2) is 34.7 Å². The molecule has 0 radical (unpaired) electrons. The van der Waals surface area contributed by atoms with Crippen molar-refractivity contribution in [1.29, 1.82) is 0 Å². The number of aliphatic hydroxyl groups excluding tert-OH is 1. The number of benzene rings is 1. The number of rotatable bonds is 6. The first-order chi connectivity index (χ1) is 9.48. The summed E-state index contributed by atoms with van der Waals surface area (Å²) in [5, 5.41) is 10.7. The van der Waals surface area contributed by atoms with E-state index in [9.17, 15) is 5.11 Å². The van der Waals surface area contributed by atoms with E-state index in [4.69, 9.17) is 0 Å². The minimum absolute atomic E-state index is 0.178. The van der Waals surface area contributed by atoms with Crippen LogP contribution in [-0.2, 0) is 19.3 Å². The summed E-state index contributed by atoms with van der Waals surface area (Å²) < 4.78 is 0. The first-order valence-corrected chi connectivity index (χ1v) is 8.02. The van der Waals surface area contributed by atoms with Gasteiger partial charge in [0.1, 0.15) is 0 Å². The number of fused-ring (bicyclic) bond motifs is 1. The van der Waals surface area contributed by atoms with Gasteiger partial charge in [0.25, 0.3) is 0 Å². The zero-order valence-electron chi connectivity index (χ0n) is 13.4. The highest BCUT2D eigenvalue weighted by atomic mass is 16.3. The SMILES string of the molecule is CCN(CC)C(C)(C)C(O)Cc1ccc2c(c1)CCC2. The fourth-order valence-corrected chi connectivity index (χ4v) is 3.47. The Morgan fingerprint density at radius 3 is 2.45 bits per heavy atom. The van der Waals surface area contributed by atoms with Gasteiger partial charge in [0, 0.05) is 12.0 Å². The highest BCUT2D eigenvalue weighted by molar-refractivity contribution is 5.35. The molecule has 0 spiro atoms. The second kappa shape index (κ2) is 6.28. The van der Waals surface area contributed by atoms with Crippen molar-refractivity contribution in [1.82, 2.24) is 4.90 Å². The van der Waals surface area contributed by atoms with Crippen molar-refractivity contribution in [3.05, 3.63) is 34.9 Å². The van der Waals surface area contributed by atoms with Gasteiger partial charge in [0.15, 0.2) is 0 Å². The predicted molar refractivity (Wildman–Crippen MR) is 85.2 cm³/mol. The number of hydrogen-bond donors (Lipinski definition) is 1. The van der Waals surface area contributed by atoms with Crippen LogP contribution < -0.4 is 0 Å². The summed E-state index contributed by atoms with van der Waals surface area (Å²) in [6, 6.07) is 6.77. The Hall–Kier alpha value is -0.860. The second-order valence-electron chi connectivity index (χ2n) is 6.50. The molecule has 2 nitrogen and oxygen atoms in total. The molecular weight excluding hydrogens is 246 g/mol. The third-order valence-electron chi connectivity index (χ3n) is 4.99. The molecule has 1 aliphatic carbocycles. The van der Waals surface area contributed by atoms with Gasteiger partial charge >= 0.3 is 0 Å². The van der Waals surface area contributed by atoms with E-state index in [-0.39, 0.29) is 11.6 Å².